The zero-order chi connectivity index (χ0) is 15.1. The van der Waals surface area contributed by atoms with E-state index in [-0.39, 0.29) is 23.2 Å². The molecule has 1 aromatic carbocycles. The summed E-state index contributed by atoms with van der Waals surface area (Å²) >= 11 is 1.73. The second-order valence-electron chi connectivity index (χ2n) is 4.27. The topological polar surface area (TPSA) is 84.3 Å². The van der Waals surface area contributed by atoms with Crippen molar-refractivity contribution in [3.63, 3.8) is 0 Å². The molecule has 0 fully saturated rings. The number of amides is 1. The first kappa shape index (κ1) is 16.3. The van der Waals surface area contributed by atoms with Gasteiger partial charge in [-0.15, -0.1) is 0 Å². The van der Waals surface area contributed by atoms with Gasteiger partial charge in [-0.05, 0) is 18.7 Å². The highest BCUT2D eigenvalue weighted by Gasteiger charge is 2.17. The van der Waals surface area contributed by atoms with Crippen LogP contribution in [0.5, 0.6) is 0 Å². The fourth-order valence-electron chi connectivity index (χ4n) is 1.69. The molecule has 0 saturated heterocycles. The van der Waals surface area contributed by atoms with Crippen molar-refractivity contribution < 1.29 is 9.72 Å². The Bertz CT molecular complexity index is 494. The molecule has 1 atom stereocenters. The lowest BCUT2D eigenvalue weighted by Crippen LogP contribution is -2.34. The molecule has 1 rings (SSSR count). The molecule has 0 saturated carbocycles. The molecule has 0 aliphatic carbocycles. The van der Waals surface area contributed by atoms with Gasteiger partial charge in [0, 0.05) is 36.7 Å². The number of rotatable bonds is 7. The van der Waals surface area contributed by atoms with Crippen molar-refractivity contribution in [2.24, 2.45) is 0 Å². The third kappa shape index (κ3) is 4.41. The SMILES string of the molecule is CCSCC(C)NC(=O)c1cc([N+](=O)[O-])ccc1NC. The Kier molecular flexibility index (Phi) is 6.30. The van der Waals surface area contributed by atoms with Gasteiger partial charge in [0.1, 0.15) is 0 Å². The molecule has 110 valence electrons. The molecule has 1 unspecified atom stereocenters. The van der Waals surface area contributed by atoms with Crippen LogP contribution < -0.4 is 10.6 Å². The lowest BCUT2D eigenvalue weighted by atomic mass is 10.1. The molecule has 0 bridgehead atoms. The smallest absolute Gasteiger partial charge is 0.270 e. The molecule has 0 spiro atoms. The van der Waals surface area contributed by atoms with E-state index in [1.54, 1.807) is 24.9 Å². The number of hydrogen-bond acceptors (Lipinski definition) is 5. The van der Waals surface area contributed by atoms with Crippen molar-refractivity contribution in [1.82, 2.24) is 5.32 Å². The molecular weight excluding hydrogens is 278 g/mol. The minimum Gasteiger partial charge on any atom is -0.387 e. The van der Waals surface area contributed by atoms with Gasteiger partial charge in [-0.25, -0.2) is 0 Å². The molecule has 1 amide bonds. The van der Waals surface area contributed by atoms with E-state index in [1.807, 2.05) is 6.92 Å². The molecule has 0 aliphatic heterocycles. The van der Waals surface area contributed by atoms with Crippen molar-refractivity contribution in [2.45, 2.75) is 19.9 Å². The van der Waals surface area contributed by atoms with Crippen LogP contribution in [0.15, 0.2) is 18.2 Å². The van der Waals surface area contributed by atoms with Crippen molar-refractivity contribution in [1.29, 1.82) is 0 Å². The zero-order valence-electron chi connectivity index (χ0n) is 11.8. The van der Waals surface area contributed by atoms with Crippen LogP contribution in [0.4, 0.5) is 11.4 Å². The Morgan fingerprint density at radius 3 is 2.75 bits per heavy atom. The van der Waals surface area contributed by atoms with Crippen LogP contribution in [-0.2, 0) is 0 Å². The zero-order valence-corrected chi connectivity index (χ0v) is 12.6. The Morgan fingerprint density at radius 2 is 2.20 bits per heavy atom. The number of non-ortho nitro benzene ring substituents is 1. The summed E-state index contributed by atoms with van der Waals surface area (Å²) in [6, 6.07) is 4.22. The van der Waals surface area contributed by atoms with Crippen LogP contribution >= 0.6 is 11.8 Å². The van der Waals surface area contributed by atoms with Crippen LogP contribution in [0.3, 0.4) is 0 Å². The number of nitro groups is 1. The fourth-order valence-corrected chi connectivity index (χ4v) is 2.36. The lowest BCUT2D eigenvalue weighted by Gasteiger charge is -2.15. The third-order valence-corrected chi connectivity index (χ3v) is 3.82. The summed E-state index contributed by atoms with van der Waals surface area (Å²) in [5, 5.41) is 16.5. The minimum atomic E-state index is -0.507. The minimum absolute atomic E-state index is 0.0106. The van der Waals surface area contributed by atoms with Crippen molar-refractivity contribution >= 4 is 29.0 Å². The summed E-state index contributed by atoms with van der Waals surface area (Å²) in [5.41, 5.74) is 0.767. The number of carbonyl (C=O) groups is 1. The van der Waals surface area contributed by atoms with Gasteiger partial charge < -0.3 is 10.6 Å². The van der Waals surface area contributed by atoms with E-state index in [0.29, 0.717) is 5.69 Å². The van der Waals surface area contributed by atoms with Gasteiger partial charge in [0.15, 0.2) is 0 Å². The van der Waals surface area contributed by atoms with Crippen LogP contribution in [0, 0.1) is 10.1 Å². The Balaban J connectivity index is 2.89. The average molecular weight is 297 g/mol. The summed E-state index contributed by atoms with van der Waals surface area (Å²) in [4.78, 5) is 22.5. The number of nitrogens with zero attached hydrogens (tertiary/aromatic N) is 1. The van der Waals surface area contributed by atoms with Gasteiger partial charge in [-0.2, -0.15) is 11.8 Å². The summed E-state index contributed by atoms with van der Waals surface area (Å²) < 4.78 is 0. The van der Waals surface area contributed by atoms with Crippen LogP contribution in [0.2, 0.25) is 0 Å². The fraction of sp³-hybridized carbons (Fsp3) is 0.462. The normalized spacial score (nSPS) is 11.8. The molecule has 0 aromatic heterocycles. The maximum absolute atomic E-state index is 12.2. The van der Waals surface area contributed by atoms with Gasteiger partial charge in [0.05, 0.1) is 10.5 Å². The van der Waals surface area contributed by atoms with Crippen LogP contribution in [0.25, 0.3) is 0 Å². The number of thioether (sulfide) groups is 1. The van der Waals surface area contributed by atoms with E-state index < -0.39 is 4.92 Å². The highest BCUT2D eigenvalue weighted by Crippen LogP contribution is 2.22. The molecular formula is C13H19N3O3S. The maximum Gasteiger partial charge on any atom is 0.270 e. The van der Waals surface area contributed by atoms with Crippen molar-refractivity contribution in [2.75, 3.05) is 23.9 Å². The van der Waals surface area contributed by atoms with E-state index in [4.69, 9.17) is 0 Å². The quantitative estimate of drug-likeness (QED) is 0.596. The number of hydrogen-bond donors (Lipinski definition) is 2. The monoisotopic (exact) mass is 297 g/mol. The standard InChI is InChI=1S/C13H19N3O3S/c1-4-20-8-9(2)15-13(17)11-7-10(16(18)19)5-6-12(11)14-3/h5-7,9,14H,4,8H2,1-3H3,(H,15,17). The molecule has 20 heavy (non-hydrogen) atoms. The van der Waals surface area contributed by atoms with E-state index in [9.17, 15) is 14.9 Å². The van der Waals surface area contributed by atoms with Crippen LogP contribution in [-0.4, -0.2) is 35.4 Å². The second kappa shape index (κ2) is 7.74. The van der Waals surface area contributed by atoms with Crippen LogP contribution in [0.1, 0.15) is 24.2 Å². The first-order valence-corrected chi connectivity index (χ1v) is 7.49. The largest absolute Gasteiger partial charge is 0.387 e. The highest BCUT2D eigenvalue weighted by atomic mass is 32.2. The Hall–Kier alpha value is -1.76. The summed E-state index contributed by atoms with van der Waals surface area (Å²) in [6.45, 7) is 3.97. The molecule has 2 N–H and O–H groups in total. The van der Waals surface area contributed by atoms with E-state index in [1.165, 1.54) is 12.1 Å². The predicted molar refractivity (Wildman–Crippen MR) is 82.6 cm³/mol. The molecule has 6 nitrogen and oxygen atoms in total. The van der Waals surface area contributed by atoms with E-state index in [2.05, 4.69) is 17.6 Å². The third-order valence-electron chi connectivity index (χ3n) is 2.68. The predicted octanol–water partition coefficient (Wildman–Crippen LogP) is 2.51. The summed E-state index contributed by atoms with van der Waals surface area (Å²) in [6.07, 6.45) is 0. The molecule has 1 aromatic rings. The first-order valence-electron chi connectivity index (χ1n) is 6.34. The van der Waals surface area contributed by atoms with Gasteiger partial charge >= 0.3 is 0 Å². The Morgan fingerprint density at radius 1 is 1.50 bits per heavy atom. The summed E-state index contributed by atoms with van der Waals surface area (Å²) in [5.74, 6) is 1.49. The molecule has 0 aliphatic rings. The second-order valence-corrected chi connectivity index (χ2v) is 5.59. The van der Waals surface area contributed by atoms with Gasteiger partial charge in [0.25, 0.3) is 11.6 Å². The van der Waals surface area contributed by atoms with Gasteiger partial charge in [-0.1, -0.05) is 6.92 Å². The van der Waals surface area contributed by atoms with E-state index in [0.717, 1.165) is 11.5 Å². The van der Waals surface area contributed by atoms with Crippen molar-refractivity contribution in [3.05, 3.63) is 33.9 Å². The summed E-state index contributed by atoms with van der Waals surface area (Å²) in [7, 11) is 1.67. The number of benzene rings is 1. The lowest BCUT2D eigenvalue weighted by molar-refractivity contribution is -0.384. The highest BCUT2D eigenvalue weighted by molar-refractivity contribution is 7.99. The Labute approximate surface area is 122 Å². The molecule has 0 radical (unpaired) electrons. The first-order chi connectivity index (χ1) is 9.49. The number of anilines is 1. The number of nitro benzene ring substituents is 1. The molecule has 7 heteroatoms. The van der Waals surface area contributed by atoms with Gasteiger partial charge in [0.2, 0.25) is 0 Å². The average Bonchev–Trinajstić information content (AvgIpc) is 2.44. The van der Waals surface area contributed by atoms with Crippen molar-refractivity contribution in [3.8, 4) is 0 Å². The number of carbonyl (C=O) groups excluding carboxylic acids is 1. The maximum atomic E-state index is 12.2. The van der Waals surface area contributed by atoms with Gasteiger partial charge in [-0.3, -0.25) is 14.9 Å². The van der Waals surface area contributed by atoms with E-state index >= 15 is 0 Å². The molecule has 0 heterocycles. The number of nitrogens with one attached hydrogen (secondary N) is 2.